The number of hydrogen-bond acceptors (Lipinski definition) is 5. The highest BCUT2D eigenvalue weighted by Crippen LogP contribution is 2.24. The Hall–Kier alpha value is -2.90. The van der Waals surface area contributed by atoms with Crippen molar-refractivity contribution in [3.8, 4) is 0 Å². The van der Waals surface area contributed by atoms with Gasteiger partial charge in [-0.15, -0.1) is 0 Å². The number of amides is 1. The van der Waals surface area contributed by atoms with Crippen LogP contribution in [-0.2, 0) is 11.8 Å². The Morgan fingerprint density at radius 2 is 1.76 bits per heavy atom. The van der Waals surface area contributed by atoms with Gasteiger partial charge >= 0.3 is 0 Å². The minimum atomic E-state index is -0.240. The van der Waals surface area contributed by atoms with E-state index in [1.807, 2.05) is 4.90 Å². The largest absolute Gasteiger partial charge is 0.369 e. The lowest BCUT2D eigenvalue weighted by atomic mass is 9.96. The fraction of sp³-hybridized carbons (Fsp3) is 0.476. The number of carbonyl (C=O) groups is 1. The van der Waals surface area contributed by atoms with Gasteiger partial charge in [-0.2, -0.15) is 5.10 Å². The topological polar surface area (TPSA) is 61.7 Å². The molecule has 4 rings (SSSR count). The van der Waals surface area contributed by atoms with E-state index in [0.717, 1.165) is 43.9 Å². The SMILES string of the molecule is Cn1ncc(N2CCCC(C(=O)N3CCN(c4ccc(F)cc4)CC3)C2)cc1=O. The summed E-state index contributed by atoms with van der Waals surface area (Å²) in [6.45, 7) is 4.27. The molecule has 2 aliphatic heterocycles. The van der Waals surface area contributed by atoms with E-state index in [4.69, 9.17) is 0 Å². The van der Waals surface area contributed by atoms with E-state index in [1.165, 1.54) is 16.8 Å². The van der Waals surface area contributed by atoms with Crippen molar-refractivity contribution in [3.63, 3.8) is 0 Å². The van der Waals surface area contributed by atoms with Crippen LogP contribution in [0.2, 0.25) is 0 Å². The Morgan fingerprint density at radius 1 is 1.03 bits per heavy atom. The van der Waals surface area contributed by atoms with Crippen LogP contribution in [-0.4, -0.2) is 59.9 Å². The second-order valence-corrected chi connectivity index (χ2v) is 7.75. The quantitative estimate of drug-likeness (QED) is 0.783. The van der Waals surface area contributed by atoms with Crippen molar-refractivity contribution in [1.82, 2.24) is 14.7 Å². The molecule has 0 bridgehead atoms. The van der Waals surface area contributed by atoms with E-state index in [-0.39, 0.29) is 23.2 Å². The van der Waals surface area contributed by atoms with E-state index in [1.54, 1.807) is 31.4 Å². The van der Waals surface area contributed by atoms with Crippen molar-refractivity contribution in [2.45, 2.75) is 12.8 Å². The van der Waals surface area contributed by atoms with Crippen molar-refractivity contribution >= 4 is 17.3 Å². The van der Waals surface area contributed by atoms with E-state index < -0.39 is 0 Å². The Kier molecular flexibility index (Phi) is 5.51. The number of aryl methyl sites for hydroxylation is 1. The Bertz CT molecular complexity index is 921. The monoisotopic (exact) mass is 399 g/mol. The predicted molar refractivity (Wildman–Crippen MR) is 110 cm³/mol. The lowest BCUT2D eigenvalue weighted by Crippen LogP contribution is -2.52. The molecule has 1 aromatic heterocycles. The van der Waals surface area contributed by atoms with E-state index in [2.05, 4.69) is 14.9 Å². The number of carbonyl (C=O) groups excluding carboxylic acids is 1. The standard InChI is InChI=1S/C21H26FN5O2/c1-24-20(28)13-19(14-23-24)27-8-2-3-16(15-27)21(29)26-11-9-25(10-12-26)18-6-4-17(22)5-7-18/h4-7,13-14,16H,2-3,8-12,15H2,1H3. The lowest BCUT2D eigenvalue weighted by molar-refractivity contribution is -0.136. The highest BCUT2D eigenvalue weighted by molar-refractivity contribution is 5.80. The number of benzene rings is 1. The van der Waals surface area contributed by atoms with Crippen molar-refractivity contribution in [3.05, 3.63) is 52.7 Å². The Labute approximate surface area is 169 Å². The number of piperidine rings is 1. The third-order valence-corrected chi connectivity index (χ3v) is 5.87. The van der Waals surface area contributed by atoms with Crippen LogP contribution in [0, 0.1) is 11.7 Å². The van der Waals surface area contributed by atoms with E-state index in [9.17, 15) is 14.0 Å². The molecule has 0 N–H and O–H groups in total. The van der Waals surface area contributed by atoms with Gasteiger partial charge in [-0.1, -0.05) is 0 Å². The number of piperazine rings is 1. The molecule has 0 radical (unpaired) electrons. The third-order valence-electron chi connectivity index (χ3n) is 5.87. The summed E-state index contributed by atoms with van der Waals surface area (Å²) in [6.07, 6.45) is 3.47. The van der Waals surface area contributed by atoms with Crippen LogP contribution in [0.15, 0.2) is 41.3 Å². The van der Waals surface area contributed by atoms with Crippen LogP contribution >= 0.6 is 0 Å². The molecule has 2 fully saturated rings. The molecule has 1 unspecified atom stereocenters. The second-order valence-electron chi connectivity index (χ2n) is 7.75. The van der Waals surface area contributed by atoms with E-state index >= 15 is 0 Å². The Balaban J connectivity index is 1.36. The summed E-state index contributed by atoms with van der Waals surface area (Å²) in [5.41, 5.74) is 1.63. The minimum absolute atomic E-state index is 0.0646. The summed E-state index contributed by atoms with van der Waals surface area (Å²) in [5.74, 6) is -0.119. The third kappa shape index (κ3) is 4.26. The van der Waals surface area contributed by atoms with Crippen molar-refractivity contribution < 1.29 is 9.18 Å². The summed E-state index contributed by atoms with van der Waals surface area (Å²) < 4.78 is 14.4. The molecule has 8 heteroatoms. The number of aromatic nitrogens is 2. The summed E-state index contributed by atoms with van der Waals surface area (Å²) in [6, 6.07) is 8.08. The first-order chi connectivity index (χ1) is 14.0. The van der Waals surface area contributed by atoms with Gasteiger partial charge in [0, 0.05) is 58.1 Å². The van der Waals surface area contributed by atoms with Gasteiger partial charge in [0.2, 0.25) is 5.91 Å². The van der Waals surface area contributed by atoms with Crippen LogP contribution < -0.4 is 15.4 Å². The van der Waals surface area contributed by atoms with Crippen LogP contribution in [0.25, 0.3) is 0 Å². The maximum atomic E-state index is 13.1. The zero-order valence-electron chi connectivity index (χ0n) is 16.6. The average molecular weight is 399 g/mol. The first kappa shape index (κ1) is 19.4. The summed E-state index contributed by atoms with van der Waals surface area (Å²) in [5, 5.41) is 4.09. The second kappa shape index (κ2) is 8.23. The van der Waals surface area contributed by atoms with Crippen LogP contribution in [0.3, 0.4) is 0 Å². The molecular weight excluding hydrogens is 373 g/mol. The van der Waals surface area contributed by atoms with Gasteiger partial charge in [0.15, 0.2) is 0 Å². The molecule has 154 valence electrons. The van der Waals surface area contributed by atoms with Crippen LogP contribution in [0.5, 0.6) is 0 Å². The molecule has 0 aliphatic carbocycles. The fourth-order valence-electron chi connectivity index (χ4n) is 4.14. The summed E-state index contributed by atoms with van der Waals surface area (Å²) in [4.78, 5) is 31.2. The van der Waals surface area contributed by atoms with Crippen LogP contribution in [0.1, 0.15) is 12.8 Å². The summed E-state index contributed by atoms with van der Waals surface area (Å²) in [7, 11) is 1.63. The number of hydrogen-bond donors (Lipinski definition) is 0. The molecule has 7 nitrogen and oxygen atoms in total. The smallest absolute Gasteiger partial charge is 0.268 e. The molecule has 2 aromatic rings. The Morgan fingerprint density at radius 3 is 2.45 bits per heavy atom. The maximum absolute atomic E-state index is 13.1. The maximum Gasteiger partial charge on any atom is 0.268 e. The van der Waals surface area contributed by atoms with Gasteiger partial charge in [-0.25, -0.2) is 9.07 Å². The van der Waals surface area contributed by atoms with Crippen LogP contribution in [0.4, 0.5) is 15.8 Å². The average Bonchev–Trinajstić information content (AvgIpc) is 2.76. The van der Waals surface area contributed by atoms with Gasteiger partial charge in [0.25, 0.3) is 5.56 Å². The minimum Gasteiger partial charge on any atom is -0.369 e. The normalized spacial score (nSPS) is 20.1. The van der Waals surface area contributed by atoms with Gasteiger partial charge < -0.3 is 14.7 Å². The fourth-order valence-corrected chi connectivity index (χ4v) is 4.14. The zero-order valence-corrected chi connectivity index (χ0v) is 16.6. The molecule has 0 spiro atoms. The number of halogens is 1. The first-order valence-corrected chi connectivity index (χ1v) is 10.1. The molecule has 3 heterocycles. The molecule has 1 atom stereocenters. The zero-order chi connectivity index (χ0) is 20.4. The number of rotatable bonds is 3. The van der Waals surface area contributed by atoms with Gasteiger partial charge in [-0.05, 0) is 37.1 Å². The molecule has 1 aromatic carbocycles. The van der Waals surface area contributed by atoms with E-state index in [0.29, 0.717) is 19.6 Å². The highest BCUT2D eigenvalue weighted by Gasteiger charge is 2.31. The van der Waals surface area contributed by atoms with Crippen molar-refractivity contribution in [1.29, 1.82) is 0 Å². The molecule has 0 saturated carbocycles. The highest BCUT2D eigenvalue weighted by atomic mass is 19.1. The summed E-state index contributed by atoms with van der Waals surface area (Å²) >= 11 is 0. The van der Waals surface area contributed by atoms with Gasteiger partial charge in [0.05, 0.1) is 17.8 Å². The molecule has 2 saturated heterocycles. The molecule has 29 heavy (non-hydrogen) atoms. The number of nitrogens with zero attached hydrogens (tertiary/aromatic N) is 5. The molecule has 2 aliphatic rings. The lowest BCUT2D eigenvalue weighted by Gasteiger charge is -2.40. The van der Waals surface area contributed by atoms with Gasteiger partial charge in [-0.3, -0.25) is 9.59 Å². The van der Waals surface area contributed by atoms with Crippen molar-refractivity contribution in [2.75, 3.05) is 49.1 Å². The molecule has 1 amide bonds. The van der Waals surface area contributed by atoms with Crippen molar-refractivity contribution in [2.24, 2.45) is 13.0 Å². The molecular formula is C21H26FN5O2. The van der Waals surface area contributed by atoms with Gasteiger partial charge in [0.1, 0.15) is 5.82 Å². The number of anilines is 2. The first-order valence-electron chi connectivity index (χ1n) is 10.1. The predicted octanol–water partition coefficient (Wildman–Crippen LogP) is 1.48.